The monoisotopic (exact) mass is 511 g/mol. The number of oxime groups is 1. The fourth-order valence-corrected chi connectivity index (χ4v) is 4.23. The molecule has 1 fully saturated rings. The van der Waals surface area contributed by atoms with Crippen LogP contribution < -0.4 is 0 Å². The molecule has 0 saturated carbocycles. The zero-order valence-electron chi connectivity index (χ0n) is 20.8. The van der Waals surface area contributed by atoms with Gasteiger partial charge in [-0.05, 0) is 61.8 Å². The fourth-order valence-electron chi connectivity index (χ4n) is 4.23. The minimum absolute atomic E-state index is 0.0417. The van der Waals surface area contributed by atoms with E-state index in [0.717, 1.165) is 31.7 Å². The molecular weight excluding hydrogens is 478 g/mol. The molecule has 0 spiro atoms. The first kappa shape index (κ1) is 27.6. The van der Waals surface area contributed by atoms with E-state index in [1.807, 2.05) is 18.2 Å². The molecular formula is C26H33N5O6. The average Bonchev–Trinajstić information content (AvgIpc) is 2.87. The molecule has 1 aromatic carbocycles. The molecule has 11 heteroatoms. The lowest BCUT2D eigenvalue weighted by Gasteiger charge is -2.26. The predicted octanol–water partition coefficient (Wildman–Crippen LogP) is 4.55. The van der Waals surface area contributed by atoms with Crippen molar-refractivity contribution in [1.29, 1.82) is 0 Å². The summed E-state index contributed by atoms with van der Waals surface area (Å²) >= 11 is 0. The van der Waals surface area contributed by atoms with Crippen LogP contribution in [0.1, 0.15) is 60.9 Å². The zero-order valence-corrected chi connectivity index (χ0v) is 20.8. The maximum atomic E-state index is 13.1. The quantitative estimate of drug-likeness (QED) is 0.142. The van der Waals surface area contributed by atoms with Crippen molar-refractivity contribution in [3.05, 3.63) is 58.0 Å². The zero-order chi connectivity index (χ0) is 26.5. The second kappa shape index (κ2) is 14.5. The number of rotatable bonds is 6. The van der Waals surface area contributed by atoms with Crippen molar-refractivity contribution in [2.75, 3.05) is 26.2 Å². The van der Waals surface area contributed by atoms with E-state index in [-0.39, 0.29) is 36.8 Å². The highest BCUT2D eigenvalue weighted by Gasteiger charge is 2.24. The number of aromatic hydroxyl groups is 2. The van der Waals surface area contributed by atoms with E-state index in [4.69, 9.17) is 15.1 Å². The van der Waals surface area contributed by atoms with Gasteiger partial charge in [0.25, 0.3) is 5.91 Å². The Labute approximate surface area is 215 Å². The summed E-state index contributed by atoms with van der Waals surface area (Å²) in [5, 5.41) is 28.3. The van der Waals surface area contributed by atoms with E-state index in [1.165, 1.54) is 6.07 Å². The molecule has 1 saturated heterocycles. The highest BCUT2D eigenvalue weighted by atomic mass is 16.6. The molecule has 1 aromatic rings. The summed E-state index contributed by atoms with van der Waals surface area (Å²) in [6, 6.07) is 2.43. The summed E-state index contributed by atoms with van der Waals surface area (Å²) in [5.74, 6) is -1.56. The maximum absolute atomic E-state index is 13.1. The second-order valence-electron chi connectivity index (χ2n) is 8.93. The Morgan fingerprint density at radius 3 is 2.73 bits per heavy atom. The Kier molecular flexibility index (Phi) is 10.9. The lowest BCUT2D eigenvalue weighted by atomic mass is 9.99. The van der Waals surface area contributed by atoms with Gasteiger partial charge in [-0.1, -0.05) is 28.5 Å². The molecule has 37 heavy (non-hydrogen) atoms. The van der Waals surface area contributed by atoms with E-state index in [1.54, 1.807) is 11.0 Å². The lowest BCUT2D eigenvalue weighted by Crippen LogP contribution is -2.37. The Balaban J connectivity index is 1.84. The molecule has 1 atom stereocenters. The van der Waals surface area contributed by atoms with Gasteiger partial charge in [0.15, 0.2) is 6.61 Å². The van der Waals surface area contributed by atoms with Crippen molar-refractivity contribution in [3.63, 3.8) is 0 Å². The number of cyclic esters (lactones) is 1. The first-order valence-electron chi connectivity index (χ1n) is 12.5. The number of benzene rings is 1. The summed E-state index contributed by atoms with van der Waals surface area (Å²) in [6.45, 7) is 1.38. The summed E-state index contributed by atoms with van der Waals surface area (Å²) in [5.41, 5.74) is 9.16. The number of carbonyl (C=O) groups is 2. The molecule has 2 heterocycles. The Hall–Kier alpha value is -3.98. The Morgan fingerprint density at radius 2 is 1.95 bits per heavy atom. The van der Waals surface area contributed by atoms with Gasteiger partial charge in [0.2, 0.25) is 0 Å². The van der Waals surface area contributed by atoms with Crippen LogP contribution in [-0.4, -0.2) is 65.0 Å². The van der Waals surface area contributed by atoms with Crippen molar-refractivity contribution in [2.24, 2.45) is 10.3 Å². The number of carbonyl (C=O) groups excluding carboxylic acids is 2. The third-order valence-corrected chi connectivity index (χ3v) is 6.10. The van der Waals surface area contributed by atoms with Crippen LogP contribution in [0.4, 0.5) is 0 Å². The van der Waals surface area contributed by atoms with Crippen LogP contribution in [0, 0.1) is 0 Å². The van der Waals surface area contributed by atoms with Crippen LogP contribution in [0.15, 0.2) is 46.7 Å². The molecule has 2 aliphatic heterocycles. The van der Waals surface area contributed by atoms with Crippen LogP contribution in [0.2, 0.25) is 0 Å². The molecule has 198 valence electrons. The molecule has 3 rings (SSSR count). The number of hydrogen-bond donors (Lipinski definition) is 2. The second-order valence-corrected chi connectivity index (χ2v) is 8.93. The number of piperidine rings is 1. The number of fused-ring (bicyclic) bond motifs is 1. The van der Waals surface area contributed by atoms with Gasteiger partial charge < -0.3 is 24.7 Å². The topological polar surface area (TPSA) is 157 Å². The van der Waals surface area contributed by atoms with Crippen LogP contribution in [-0.2, 0) is 20.8 Å². The van der Waals surface area contributed by atoms with E-state index < -0.39 is 17.8 Å². The average molecular weight is 512 g/mol. The van der Waals surface area contributed by atoms with Gasteiger partial charge in [-0.15, -0.1) is 0 Å². The Morgan fingerprint density at radius 1 is 1.16 bits per heavy atom. The number of hydrogen-bond acceptors (Lipinski definition) is 8. The van der Waals surface area contributed by atoms with Crippen LogP contribution in [0.3, 0.4) is 0 Å². The van der Waals surface area contributed by atoms with Crippen LogP contribution in [0.25, 0.3) is 10.4 Å². The highest BCUT2D eigenvalue weighted by Crippen LogP contribution is 2.30. The standard InChI is InChI=1S/C26H33N5O6/c27-30-28-12-11-22-10-6-3-1-2-5-9-20(29-36-18-24(34)31-13-7-4-8-14-31)15-19-16-21(32)17-23(33)25(19)26(35)37-22/h3,5-6,9,16-17,22,32-33H,1-2,4,7-8,10-15,18H2/b6-3+,9-5+,29-20?. The number of phenolic OH excluding ortho intramolecular Hbond substituents is 2. The van der Waals surface area contributed by atoms with Gasteiger partial charge in [-0.3, -0.25) is 4.79 Å². The summed E-state index contributed by atoms with van der Waals surface area (Å²) in [4.78, 5) is 35.4. The number of esters is 1. The van der Waals surface area contributed by atoms with E-state index in [9.17, 15) is 19.8 Å². The molecule has 2 aliphatic rings. The molecule has 0 radical (unpaired) electrons. The summed E-state index contributed by atoms with van der Waals surface area (Å²) in [6.07, 6.45) is 12.3. The van der Waals surface area contributed by atoms with Crippen molar-refractivity contribution in [2.45, 2.75) is 57.5 Å². The first-order chi connectivity index (χ1) is 18.0. The maximum Gasteiger partial charge on any atom is 0.342 e. The van der Waals surface area contributed by atoms with Gasteiger partial charge >= 0.3 is 5.97 Å². The fraction of sp³-hybridized carbons (Fsp3) is 0.500. The number of likely N-dealkylation sites (tertiary alicyclic amines) is 1. The minimum atomic E-state index is -0.770. The summed E-state index contributed by atoms with van der Waals surface area (Å²) in [7, 11) is 0. The molecule has 11 nitrogen and oxygen atoms in total. The third kappa shape index (κ3) is 8.88. The molecule has 0 bridgehead atoms. The molecule has 1 unspecified atom stereocenters. The van der Waals surface area contributed by atoms with E-state index in [2.05, 4.69) is 15.2 Å². The Bertz CT molecular complexity index is 1090. The smallest absolute Gasteiger partial charge is 0.342 e. The number of phenols is 2. The van der Waals surface area contributed by atoms with Gasteiger partial charge in [-0.2, -0.15) is 0 Å². The molecule has 0 aliphatic carbocycles. The SMILES string of the molecule is [N-]=[N+]=NCCC1C/C=C/CC/C=C/C(=NOCC(=O)N2CCCCC2)Cc2cc(O)cc(O)c2C(=O)O1. The number of azide groups is 1. The number of amides is 1. The van der Waals surface area contributed by atoms with Gasteiger partial charge in [0, 0.05) is 43.5 Å². The third-order valence-electron chi connectivity index (χ3n) is 6.10. The van der Waals surface area contributed by atoms with Gasteiger partial charge in [-0.25, -0.2) is 4.79 Å². The predicted molar refractivity (Wildman–Crippen MR) is 137 cm³/mol. The van der Waals surface area contributed by atoms with Crippen molar-refractivity contribution < 1.29 is 29.4 Å². The largest absolute Gasteiger partial charge is 0.508 e. The lowest BCUT2D eigenvalue weighted by molar-refractivity contribution is -0.137. The van der Waals surface area contributed by atoms with Crippen LogP contribution in [0.5, 0.6) is 11.5 Å². The van der Waals surface area contributed by atoms with E-state index >= 15 is 0 Å². The minimum Gasteiger partial charge on any atom is -0.508 e. The van der Waals surface area contributed by atoms with Crippen LogP contribution >= 0.6 is 0 Å². The van der Waals surface area contributed by atoms with Gasteiger partial charge in [0.05, 0.1) is 5.71 Å². The molecule has 0 aromatic heterocycles. The number of ether oxygens (including phenoxy) is 1. The molecule has 2 N–H and O–H groups in total. The van der Waals surface area contributed by atoms with Crippen molar-refractivity contribution >= 4 is 17.6 Å². The van der Waals surface area contributed by atoms with E-state index in [0.29, 0.717) is 43.6 Å². The molecule has 1 amide bonds. The number of nitrogens with zero attached hydrogens (tertiary/aromatic N) is 5. The van der Waals surface area contributed by atoms with Gasteiger partial charge in [0.1, 0.15) is 23.2 Å². The highest BCUT2D eigenvalue weighted by molar-refractivity contribution is 6.00. The summed E-state index contributed by atoms with van der Waals surface area (Å²) < 4.78 is 5.65. The normalized spacial score (nSPS) is 21.6. The number of allylic oxidation sites excluding steroid dienone is 3. The van der Waals surface area contributed by atoms with Crippen molar-refractivity contribution in [3.8, 4) is 11.5 Å². The first-order valence-corrected chi connectivity index (χ1v) is 12.5. The van der Waals surface area contributed by atoms with Crippen molar-refractivity contribution in [1.82, 2.24) is 4.90 Å².